The maximum absolute atomic E-state index is 12.8. The summed E-state index contributed by atoms with van der Waals surface area (Å²) in [6, 6.07) is 22.8. The van der Waals surface area contributed by atoms with Crippen LogP contribution in [-0.2, 0) is 21.4 Å². The molecule has 3 N–H and O–H groups in total. The Bertz CT molecular complexity index is 1580. The quantitative estimate of drug-likeness (QED) is 0.303. The summed E-state index contributed by atoms with van der Waals surface area (Å²) >= 11 is 0. The highest BCUT2D eigenvalue weighted by Crippen LogP contribution is 2.25. The van der Waals surface area contributed by atoms with Crippen LogP contribution in [0.3, 0.4) is 0 Å². The highest BCUT2D eigenvalue weighted by Gasteiger charge is 2.14. The summed E-state index contributed by atoms with van der Waals surface area (Å²) in [5.41, 5.74) is 2.97. The summed E-state index contributed by atoms with van der Waals surface area (Å²) in [7, 11) is -2.22. The molecule has 0 aliphatic rings. The number of hydrogen-bond donors (Lipinski definition) is 2. The van der Waals surface area contributed by atoms with Gasteiger partial charge in [-0.15, -0.1) is 0 Å². The van der Waals surface area contributed by atoms with Gasteiger partial charge in [-0.05, 0) is 54.1 Å². The van der Waals surface area contributed by atoms with Gasteiger partial charge in [0.1, 0.15) is 17.4 Å². The minimum Gasteiger partial charge on any atom is -0.497 e. The standard InChI is InChI=1S/C26H22N4O4S/c1-34-22-6-4-5-18(13-22)16-30-17-20(24-7-2-3-8-25(24)30)14-19(15-27)26(31)29-21-9-11-23(12-10-21)35(28,32)33/h2-14,17H,16H2,1H3,(H,29,31)(H2,28,32,33)/b19-14+. The van der Waals surface area contributed by atoms with Crippen molar-refractivity contribution in [2.45, 2.75) is 11.4 Å². The number of nitrogens with zero attached hydrogens (tertiary/aromatic N) is 2. The maximum Gasteiger partial charge on any atom is 0.266 e. The molecule has 9 heteroatoms. The fraction of sp³-hybridized carbons (Fsp3) is 0.0769. The number of sulfonamides is 1. The monoisotopic (exact) mass is 486 g/mol. The van der Waals surface area contributed by atoms with Gasteiger partial charge in [0.2, 0.25) is 10.0 Å². The lowest BCUT2D eigenvalue weighted by Gasteiger charge is -2.07. The molecule has 0 atom stereocenters. The van der Waals surface area contributed by atoms with E-state index in [0.717, 1.165) is 27.8 Å². The number of amides is 1. The van der Waals surface area contributed by atoms with E-state index in [1.807, 2.05) is 60.8 Å². The lowest BCUT2D eigenvalue weighted by molar-refractivity contribution is -0.112. The van der Waals surface area contributed by atoms with Crippen molar-refractivity contribution in [2.24, 2.45) is 5.14 Å². The first-order chi connectivity index (χ1) is 16.8. The van der Waals surface area contributed by atoms with Gasteiger partial charge in [0, 0.05) is 34.9 Å². The van der Waals surface area contributed by atoms with Gasteiger partial charge in [0.15, 0.2) is 0 Å². The number of aromatic nitrogens is 1. The average Bonchev–Trinajstić information content (AvgIpc) is 3.19. The number of primary sulfonamides is 1. The van der Waals surface area contributed by atoms with E-state index in [-0.39, 0.29) is 10.5 Å². The van der Waals surface area contributed by atoms with Crippen molar-refractivity contribution in [2.75, 3.05) is 12.4 Å². The molecule has 0 aliphatic carbocycles. The third-order valence-corrected chi connectivity index (χ3v) is 6.34. The van der Waals surface area contributed by atoms with Gasteiger partial charge in [0.05, 0.1) is 12.0 Å². The van der Waals surface area contributed by atoms with E-state index in [1.54, 1.807) is 13.2 Å². The Hall–Kier alpha value is -4.39. The second-order valence-electron chi connectivity index (χ2n) is 7.77. The molecule has 0 bridgehead atoms. The number of rotatable bonds is 7. The number of methoxy groups -OCH3 is 1. The first-order valence-corrected chi connectivity index (χ1v) is 12.1. The highest BCUT2D eigenvalue weighted by molar-refractivity contribution is 7.89. The van der Waals surface area contributed by atoms with E-state index < -0.39 is 15.9 Å². The number of hydrogen-bond acceptors (Lipinski definition) is 5. The Balaban J connectivity index is 1.63. The summed E-state index contributed by atoms with van der Waals surface area (Å²) in [5.74, 6) is 0.153. The second kappa shape index (κ2) is 9.85. The van der Waals surface area contributed by atoms with Crippen LogP contribution in [0.25, 0.3) is 17.0 Å². The van der Waals surface area contributed by atoms with Crippen LogP contribution in [0.2, 0.25) is 0 Å². The predicted octanol–water partition coefficient (Wildman–Crippen LogP) is 3.89. The lowest BCUT2D eigenvalue weighted by Crippen LogP contribution is -2.14. The van der Waals surface area contributed by atoms with Gasteiger partial charge >= 0.3 is 0 Å². The van der Waals surface area contributed by atoms with E-state index in [2.05, 4.69) is 9.88 Å². The summed E-state index contributed by atoms with van der Waals surface area (Å²) in [5, 5.41) is 18.3. The first kappa shape index (κ1) is 23.8. The molecule has 0 saturated carbocycles. The average molecular weight is 487 g/mol. The zero-order valence-corrected chi connectivity index (χ0v) is 19.6. The van der Waals surface area contributed by atoms with E-state index in [4.69, 9.17) is 9.88 Å². The second-order valence-corrected chi connectivity index (χ2v) is 9.34. The van der Waals surface area contributed by atoms with Gasteiger partial charge < -0.3 is 14.6 Å². The van der Waals surface area contributed by atoms with Crippen molar-refractivity contribution in [3.63, 3.8) is 0 Å². The van der Waals surface area contributed by atoms with Crippen LogP contribution in [0.5, 0.6) is 5.75 Å². The number of nitrogens with one attached hydrogen (secondary N) is 1. The van der Waals surface area contributed by atoms with Crippen molar-refractivity contribution in [1.29, 1.82) is 5.26 Å². The minimum absolute atomic E-state index is 0.0737. The normalized spacial score (nSPS) is 11.7. The van der Waals surface area contributed by atoms with E-state index in [0.29, 0.717) is 12.2 Å². The molecule has 0 saturated heterocycles. The SMILES string of the molecule is COc1cccc(Cn2cc(/C=C(\C#N)C(=O)Nc3ccc(S(N)(=O)=O)cc3)c3ccccc32)c1. The molecule has 4 aromatic rings. The number of carbonyl (C=O) groups is 1. The Morgan fingerprint density at radius 3 is 2.54 bits per heavy atom. The predicted molar refractivity (Wildman–Crippen MR) is 134 cm³/mol. The number of carbonyl (C=O) groups excluding carboxylic acids is 1. The first-order valence-electron chi connectivity index (χ1n) is 10.6. The Kier molecular flexibility index (Phi) is 6.68. The summed E-state index contributed by atoms with van der Waals surface area (Å²) in [6.07, 6.45) is 3.44. The van der Waals surface area contributed by atoms with Crippen molar-refractivity contribution in [3.8, 4) is 11.8 Å². The fourth-order valence-corrected chi connectivity index (χ4v) is 4.23. The summed E-state index contributed by atoms with van der Waals surface area (Å²) in [6.45, 7) is 0.579. The van der Waals surface area contributed by atoms with Crippen molar-refractivity contribution >= 4 is 38.6 Å². The number of anilines is 1. The number of ether oxygens (including phenoxy) is 1. The molecule has 3 aromatic carbocycles. The molecule has 0 fully saturated rings. The van der Waals surface area contributed by atoms with E-state index >= 15 is 0 Å². The molecule has 0 aliphatic heterocycles. The van der Waals surface area contributed by atoms with Gasteiger partial charge in [-0.25, -0.2) is 13.6 Å². The van der Waals surface area contributed by atoms with Crippen LogP contribution < -0.4 is 15.2 Å². The largest absolute Gasteiger partial charge is 0.497 e. The number of para-hydroxylation sites is 1. The molecule has 35 heavy (non-hydrogen) atoms. The molecule has 1 aromatic heterocycles. The van der Waals surface area contributed by atoms with E-state index in [9.17, 15) is 18.5 Å². The summed E-state index contributed by atoms with van der Waals surface area (Å²) in [4.78, 5) is 12.7. The fourth-order valence-electron chi connectivity index (χ4n) is 3.72. The van der Waals surface area contributed by atoms with Crippen LogP contribution in [0.4, 0.5) is 5.69 Å². The highest BCUT2D eigenvalue weighted by atomic mass is 32.2. The van der Waals surface area contributed by atoms with Gasteiger partial charge in [-0.3, -0.25) is 4.79 Å². The van der Waals surface area contributed by atoms with Crippen LogP contribution in [-0.4, -0.2) is 26.0 Å². The van der Waals surface area contributed by atoms with Crippen molar-refractivity contribution in [1.82, 2.24) is 4.57 Å². The Morgan fingerprint density at radius 2 is 1.86 bits per heavy atom. The number of benzene rings is 3. The van der Waals surface area contributed by atoms with Crippen LogP contribution >= 0.6 is 0 Å². The Labute approximate surface area is 202 Å². The maximum atomic E-state index is 12.8. The minimum atomic E-state index is -3.84. The molecule has 1 heterocycles. The third kappa shape index (κ3) is 5.41. The van der Waals surface area contributed by atoms with Crippen molar-refractivity contribution in [3.05, 3.63) is 95.7 Å². The smallest absolute Gasteiger partial charge is 0.266 e. The number of fused-ring (bicyclic) bond motifs is 1. The molecule has 4 rings (SSSR count). The van der Waals surface area contributed by atoms with Gasteiger partial charge in [-0.2, -0.15) is 5.26 Å². The van der Waals surface area contributed by atoms with Gasteiger partial charge in [0.25, 0.3) is 5.91 Å². The lowest BCUT2D eigenvalue weighted by atomic mass is 10.1. The van der Waals surface area contributed by atoms with Gasteiger partial charge in [-0.1, -0.05) is 30.3 Å². The zero-order valence-electron chi connectivity index (χ0n) is 18.8. The number of nitriles is 1. The van der Waals surface area contributed by atoms with E-state index in [1.165, 1.54) is 24.3 Å². The number of nitrogens with two attached hydrogens (primary N) is 1. The van der Waals surface area contributed by atoms with Crippen LogP contribution in [0.1, 0.15) is 11.1 Å². The van der Waals surface area contributed by atoms with Crippen molar-refractivity contribution < 1.29 is 17.9 Å². The molecule has 0 spiro atoms. The zero-order chi connectivity index (χ0) is 25.0. The summed E-state index contributed by atoms with van der Waals surface area (Å²) < 4.78 is 30.2. The van der Waals surface area contributed by atoms with Crippen LogP contribution in [0.15, 0.2) is 89.5 Å². The molecule has 8 nitrogen and oxygen atoms in total. The molecule has 176 valence electrons. The molecule has 0 radical (unpaired) electrons. The molecular formula is C26H22N4O4S. The Morgan fingerprint density at radius 1 is 1.11 bits per heavy atom. The third-order valence-electron chi connectivity index (χ3n) is 5.41. The van der Waals surface area contributed by atoms with Crippen LogP contribution in [0, 0.1) is 11.3 Å². The molecular weight excluding hydrogens is 464 g/mol. The molecule has 0 unspecified atom stereocenters. The molecule has 1 amide bonds. The topological polar surface area (TPSA) is 127 Å².